The zero-order valence-corrected chi connectivity index (χ0v) is 16.2. The number of para-hydroxylation sites is 1. The molecule has 2 heterocycles. The molecule has 6 nitrogen and oxygen atoms in total. The molecule has 1 N–H and O–H groups in total. The number of methoxy groups -OCH3 is 1. The SMILES string of the molecule is COc1ccc(Nc2c(C(=O)N3CCOCC3)cnc3ccccc23)cc1Cl. The second-order valence-corrected chi connectivity index (χ2v) is 6.85. The molecule has 1 aliphatic rings. The standard InChI is InChI=1S/C21H20ClN3O3/c1-27-19-7-6-14(12-17(19)22)24-20-15-4-2-3-5-18(15)23-13-16(20)21(26)25-8-10-28-11-9-25/h2-7,12-13H,8-11H2,1H3,(H,23,24). The monoisotopic (exact) mass is 397 g/mol. The molecule has 4 rings (SSSR count). The minimum absolute atomic E-state index is 0.0661. The lowest BCUT2D eigenvalue weighted by Gasteiger charge is -2.28. The Morgan fingerprint density at radius 1 is 1.21 bits per heavy atom. The number of pyridine rings is 1. The first-order valence-electron chi connectivity index (χ1n) is 9.02. The first-order chi connectivity index (χ1) is 13.7. The third-order valence-electron chi connectivity index (χ3n) is 4.73. The number of aromatic nitrogens is 1. The number of carbonyl (C=O) groups excluding carboxylic acids is 1. The van der Waals surface area contributed by atoms with Crippen molar-refractivity contribution in [2.24, 2.45) is 0 Å². The lowest BCUT2D eigenvalue weighted by Crippen LogP contribution is -2.41. The van der Waals surface area contributed by atoms with Crippen molar-refractivity contribution in [3.05, 3.63) is 59.2 Å². The molecule has 0 bridgehead atoms. The maximum atomic E-state index is 13.2. The summed E-state index contributed by atoms with van der Waals surface area (Å²) in [7, 11) is 1.57. The Labute approximate surface area is 168 Å². The zero-order valence-electron chi connectivity index (χ0n) is 15.4. The van der Waals surface area contributed by atoms with Crippen LogP contribution in [0.15, 0.2) is 48.7 Å². The van der Waals surface area contributed by atoms with Crippen LogP contribution in [0.3, 0.4) is 0 Å². The van der Waals surface area contributed by atoms with E-state index in [9.17, 15) is 4.79 Å². The third-order valence-corrected chi connectivity index (χ3v) is 5.02. The van der Waals surface area contributed by atoms with Gasteiger partial charge in [-0.3, -0.25) is 9.78 Å². The van der Waals surface area contributed by atoms with Gasteiger partial charge in [-0.05, 0) is 24.3 Å². The van der Waals surface area contributed by atoms with Crippen molar-refractivity contribution >= 4 is 39.8 Å². The van der Waals surface area contributed by atoms with Crippen LogP contribution in [0.4, 0.5) is 11.4 Å². The number of carbonyl (C=O) groups is 1. The number of rotatable bonds is 4. The third kappa shape index (κ3) is 3.61. The highest BCUT2D eigenvalue weighted by molar-refractivity contribution is 6.32. The quantitative estimate of drug-likeness (QED) is 0.717. The Hall–Kier alpha value is -2.83. The molecule has 0 radical (unpaired) electrons. The van der Waals surface area contributed by atoms with E-state index in [0.29, 0.717) is 48.3 Å². The predicted molar refractivity (Wildman–Crippen MR) is 110 cm³/mol. The van der Waals surface area contributed by atoms with Gasteiger partial charge in [0.05, 0.1) is 42.1 Å². The fourth-order valence-corrected chi connectivity index (χ4v) is 3.52. The number of anilines is 2. The summed E-state index contributed by atoms with van der Waals surface area (Å²) < 4.78 is 10.6. The summed E-state index contributed by atoms with van der Waals surface area (Å²) in [5.74, 6) is 0.528. The summed E-state index contributed by atoms with van der Waals surface area (Å²) in [6, 6.07) is 13.2. The zero-order chi connectivity index (χ0) is 19.5. The summed E-state index contributed by atoms with van der Waals surface area (Å²) in [5.41, 5.74) is 2.80. The number of nitrogens with zero attached hydrogens (tertiary/aromatic N) is 2. The first kappa shape index (κ1) is 18.5. The molecule has 1 aliphatic heterocycles. The van der Waals surface area contributed by atoms with E-state index in [4.69, 9.17) is 21.1 Å². The van der Waals surface area contributed by atoms with Crippen molar-refractivity contribution in [1.29, 1.82) is 0 Å². The Morgan fingerprint density at radius 2 is 2.00 bits per heavy atom. The van der Waals surface area contributed by atoms with Crippen molar-refractivity contribution in [3.8, 4) is 5.75 Å². The van der Waals surface area contributed by atoms with Gasteiger partial charge in [0.15, 0.2) is 0 Å². The van der Waals surface area contributed by atoms with E-state index < -0.39 is 0 Å². The van der Waals surface area contributed by atoms with Crippen LogP contribution in [0.5, 0.6) is 5.75 Å². The second-order valence-electron chi connectivity index (χ2n) is 6.44. The first-order valence-corrected chi connectivity index (χ1v) is 9.40. The number of nitrogens with one attached hydrogen (secondary N) is 1. The van der Waals surface area contributed by atoms with E-state index in [0.717, 1.165) is 16.6 Å². The minimum Gasteiger partial charge on any atom is -0.495 e. The molecule has 0 unspecified atom stereocenters. The topological polar surface area (TPSA) is 63.7 Å². The molecule has 0 saturated carbocycles. The molecule has 0 atom stereocenters. The molecule has 7 heteroatoms. The summed E-state index contributed by atoms with van der Waals surface area (Å²) in [5, 5.41) is 4.73. The lowest BCUT2D eigenvalue weighted by atomic mass is 10.1. The lowest BCUT2D eigenvalue weighted by molar-refractivity contribution is 0.0303. The van der Waals surface area contributed by atoms with Crippen molar-refractivity contribution in [1.82, 2.24) is 9.88 Å². The number of benzene rings is 2. The molecule has 1 saturated heterocycles. The van der Waals surface area contributed by atoms with Crippen molar-refractivity contribution in [2.75, 3.05) is 38.7 Å². The maximum Gasteiger partial charge on any atom is 0.257 e. The largest absolute Gasteiger partial charge is 0.495 e. The van der Waals surface area contributed by atoms with Gasteiger partial charge in [-0.1, -0.05) is 29.8 Å². The van der Waals surface area contributed by atoms with Crippen LogP contribution in [0.25, 0.3) is 10.9 Å². The fourth-order valence-electron chi connectivity index (χ4n) is 3.26. The van der Waals surface area contributed by atoms with E-state index in [1.54, 1.807) is 30.3 Å². The summed E-state index contributed by atoms with van der Waals surface area (Å²) in [6.45, 7) is 2.23. The van der Waals surface area contributed by atoms with Crippen LogP contribution >= 0.6 is 11.6 Å². The predicted octanol–water partition coefficient (Wildman–Crippen LogP) is 4.11. The Bertz CT molecular complexity index is 1020. The number of morpholine rings is 1. The molecule has 2 aromatic carbocycles. The van der Waals surface area contributed by atoms with Crippen LogP contribution in [0, 0.1) is 0 Å². The number of amides is 1. The van der Waals surface area contributed by atoms with Gasteiger partial charge in [-0.25, -0.2) is 0 Å². The number of ether oxygens (including phenoxy) is 2. The van der Waals surface area contributed by atoms with Gasteiger partial charge in [0.2, 0.25) is 0 Å². The van der Waals surface area contributed by atoms with Crippen LogP contribution in [-0.2, 0) is 4.74 Å². The van der Waals surface area contributed by atoms with Gasteiger partial charge >= 0.3 is 0 Å². The summed E-state index contributed by atoms with van der Waals surface area (Å²) >= 11 is 6.27. The van der Waals surface area contributed by atoms with Gasteiger partial charge < -0.3 is 19.7 Å². The highest BCUT2D eigenvalue weighted by Gasteiger charge is 2.23. The Morgan fingerprint density at radius 3 is 2.75 bits per heavy atom. The molecule has 28 heavy (non-hydrogen) atoms. The molecule has 1 fully saturated rings. The Kier molecular flexibility index (Phi) is 5.32. The molecule has 1 amide bonds. The van der Waals surface area contributed by atoms with E-state index in [1.807, 2.05) is 30.3 Å². The van der Waals surface area contributed by atoms with Gasteiger partial charge in [0.25, 0.3) is 5.91 Å². The molecule has 0 aliphatic carbocycles. The normalized spacial score (nSPS) is 14.1. The molecule has 3 aromatic rings. The van der Waals surface area contributed by atoms with E-state index in [2.05, 4.69) is 10.3 Å². The number of hydrogen-bond donors (Lipinski definition) is 1. The van der Waals surface area contributed by atoms with Crippen molar-refractivity contribution in [2.45, 2.75) is 0 Å². The summed E-state index contributed by atoms with van der Waals surface area (Å²) in [4.78, 5) is 19.4. The number of hydrogen-bond acceptors (Lipinski definition) is 5. The Balaban J connectivity index is 1.78. The minimum atomic E-state index is -0.0661. The fraction of sp³-hybridized carbons (Fsp3) is 0.238. The van der Waals surface area contributed by atoms with Crippen LogP contribution in [-0.4, -0.2) is 49.2 Å². The highest BCUT2D eigenvalue weighted by atomic mass is 35.5. The summed E-state index contributed by atoms with van der Waals surface area (Å²) in [6.07, 6.45) is 1.63. The van der Waals surface area contributed by atoms with E-state index >= 15 is 0 Å². The van der Waals surface area contributed by atoms with Gasteiger partial charge in [0.1, 0.15) is 5.75 Å². The van der Waals surface area contributed by atoms with E-state index in [-0.39, 0.29) is 5.91 Å². The second kappa shape index (κ2) is 8.04. The van der Waals surface area contributed by atoms with Gasteiger partial charge in [-0.15, -0.1) is 0 Å². The van der Waals surface area contributed by atoms with Crippen molar-refractivity contribution < 1.29 is 14.3 Å². The van der Waals surface area contributed by atoms with E-state index in [1.165, 1.54) is 0 Å². The number of fused-ring (bicyclic) bond motifs is 1. The average molecular weight is 398 g/mol. The average Bonchev–Trinajstić information content (AvgIpc) is 2.74. The van der Waals surface area contributed by atoms with Crippen molar-refractivity contribution in [3.63, 3.8) is 0 Å². The van der Waals surface area contributed by atoms with Gasteiger partial charge in [0, 0.05) is 30.4 Å². The number of halogens is 1. The molecular formula is C21H20ClN3O3. The molecule has 144 valence electrons. The van der Waals surface area contributed by atoms with Crippen LogP contribution < -0.4 is 10.1 Å². The molecule has 0 spiro atoms. The highest BCUT2D eigenvalue weighted by Crippen LogP contribution is 2.33. The maximum absolute atomic E-state index is 13.2. The molecular weight excluding hydrogens is 378 g/mol. The van der Waals surface area contributed by atoms with Gasteiger partial charge in [-0.2, -0.15) is 0 Å². The van der Waals surface area contributed by atoms with Crippen LogP contribution in [0.1, 0.15) is 10.4 Å². The van der Waals surface area contributed by atoms with Crippen LogP contribution in [0.2, 0.25) is 5.02 Å². The smallest absolute Gasteiger partial charge is 0.257 e. The molecule has 1 aromatic heterocycles.